The van der Waals surface area contributed by atoms with Crippen LogP contribution < -0.4 is 0 Å². The Morgan fingerprint density at radius 3 is 2.19 bits per heavy atom. The fraction of sp³-hybridized carbons (Fsp3) is 0.261. The summed E-state index contributed by atoms with van der Waals surface area (Å²) in [7, 11) is -3.59. The number of benzene rings is 2. The zero-order valence-electron chi connectivity index (χ0n) is 16.8. The van der Waals surface area contributed by atoms with Crippen molar-refractivity contribution in [3.8, 4) is 0 Å². The number of halogens is 3. The van der Waals surface area contributed by atoms with E-state index in [1.165, 1.54) is 0 Å². The second-order valence-electron chi connectivity index (χ2n) is 7.91. The fourth-order valence-corrected chi connectivity index (χ4v) is 5.98. The van der Waals surface area contributed by atoms with Crippen molar-refractivity contribution in [2.24, 2.45) is 5.92 Å². The number of sulfone groups is 1. The summed E-state index contributed by atoms with van der Waals surface area (Å²) in [5, 5.41) is -0.353. The maximum absolute atomic E-state index is 13.8. The van der Waals surface area contributed by atoms with Crippen molar-refractivity contribution in [3.05, 3.63) is 100 Å². The van der Waals surface area contributed by atoms with E-state index in [1.807, 2.05) is 36.4 Å². The lowest BCUT2D eigenvalue weighted by atomic mass is 9.87. The number of hydrogen-bond donors (Lipinski definition) is 0. The molecule has 1 unspecified atom stereocenters. The highest BCUT2D eigenvalue weighted by Gasteiger charge is 2.43. The Bertz CT molecular complexity index is 1150. The van der Waals surface area contributed by atoms with Crippen molar-refractivity contribution in [2.75, 3.05) is 19.3 Å². The molecule has 162 valence electrons. The number of nitrogens with zero attached hydrogens (tertiary/aromatic N) is 2. The van der Waals surface area contributed by atoms with Crippen LogP contribution in [0.15, 0.2) is 67.0 Å². The molecule has 1 aliphatic rings. The topological polar surface area (TPSA) is 50.3 Å². The SMILES string of the molecule is CS(=O)(=O)C(c1cc(F)cc(F)c1)C1CN([C@H](c2ccc(Cl)cc2)c2cccnc2)C1. The van der Waals surface area contributed by atoms with Gasteiger partial charge in [0.25, 0.3) is 0 Å². The standard InChI is InChI=1S/C23H21ClF2N2O2S/c1-31(29,30)23(17-9-20(25)11-21(26)10-17)18-13-28(14-18)22(16-3-2-8-27-12-16)15-4-6-19(24)7-5-15/h2-12,18,22-23H,13-14H2,1H3/t22-,23?/m1/s1. The third-order valence-corrected chi connectivity index (χ3v) is 7.42. The van der Waals surface area contributed by atoms with Gasteiger partial charge in [-0.2, -0.15) is 0 Å². The molecule has 0 bridgehead atoms. The van der Waals surface area contributed by atoms with Gasteiger partial charge in [-0.25, -0.2) is 17.2 Å². The van der Waals surface area contributed by atoms with E-state index < -0.39 is 26.7 Å². The minimum atomic E-state index is -3.59. The van der Waals surface area contributed by atoms with Crippen LogP contribution in [-0.2, 0) is 9.84 Å². The molecule has 0 saturated carbocycles. The first-order valence-electron chi connectivity index (χ1n) is 9.76. The van der Waals surface area contributed by atoms with E-state index in [9.17, 15) is 17.2 Å². The summed E-state index contributed by atoms with van der Waals surface area (Å²) >= 11 is 6.04. The van der Waals surface area contributed by atoms with Gasteiger partial charge in [0.15, 0.2) is 9.84 Å². The van der Waals surface area contributed by atoms with Crippen LogP contribution in [-0.4, -0.2) is 37.6 Å². The molecule has 4 rings (SSSR count). The Kier molecular flexibility index (Phi) is 6.10. The van der Waals surface area contributed by atoms with Gasteiger partial charge in [-0.05, 0) is 47.0 Å². The lowest BCUT2D eigenvalue weighted by Gasteiger charge is -2.47. The number of likely N-dealkylation sites (tertiary alicyclic amines) is 1. The molecule has 1 fully saturated rings. The van der Waals surface area contributed by atoms with Gasteiger partial charge in [-0.1, -0.05) is 29.8 Å². The summed E-state index contributed by atoms with van der Waals surface area (Å²) in [5.74, 6) is -1.86. The Morgan fingerprint density at radius 1 is 1.00 bits per heavy atom. The maximum atomic E-state index is 13.8. The van der Waals surface area contributed by atoms with E-state index >= 15 is 0 Å². The van der Waals surface area contributed by atoms with Crippen LogP contribution in [0, 0.1) is 17.6 Å². The van der Waals surface area contributed by atoms with Crippen LogP contribution >= 0.6 is 11.6 Å². The lowest BCUT2D eigenvalue weighted by molar-refractivity contribution is 0.0653. The fourth-order valence-electron chi connectivity index (χ4n) is 4.36. The van der Waals surface area contributed by atoms with Gasteiger partial charge in [0.2, 0.25) is 0 Å². The van der Waals surface area contributed by atoms with E-state index in [-0.39, 0.29) is 17.5 Å². The average molecular weight is 463 g/mol. The molecule has 4 nitrogen and oxygen atoms in total. The molecular formula is C23H21ClF2N2O2S. The van der Waals surface area contributed by atoms with Gasteiger partial charge in [-0.3, -0.25) is 9.88 Å². The molecule has 31 heavy (non-hydrogen) atoms. The van der Waals surface area contributed by atoms with E-state index in [0.29, 0.717) is 18.1 Å². The zero-order chi connectivity index (χ0) is 22.2. The van der Waals surface area contributed by atoms with Crippen molar-refractivity contribution < 1.29 is 17.2 Å². The number of hydrogen-bond acceptors (Lipinski definition) is 4. The van der Waals surface area contributed by atoms with Crippen molar-refractivity contribution in [1.82, 2.24) is 9.88 Å². The summed E-state index contributed by atoms with van der Waals surface area (Å²) in [6.07, 6.45) is 4.59. The third-order valence-electron chi connectivity index (χ3n) is 5.59. The van der Waals surface area contributed by atoms with Crippen molar-refractivity contribution in [2.45, 2.75) is 11.3 Å². The Balaban J connectivity index is 1.64. The lowest BCUT2D eigenvalue weighted by Crippen LogP contribution is -2.52. The van der Waals surface area contributed by atoms with Gasteiger partial charge in [0.1, 0.15) is 11.6 Å². The second-order valence-corrected chi connectivity index (χ2v) is 10.5. The van der Waals surface area contributed by atoms with Gasteiger partial charge in [-0.15, -0.1) is 0 Å². The molecule has 0 amide bonds. The molecule has 8 heteroatoms. The largest absolute Gasteiger partial charge is 0.292 e. The Morgan fingerprint density at radius 2 is 1.65 bits per heavy atom. The zero-order valence-corrected chi connectivity index (χ0v) is 18.3. The molecule has 1 saturated heterocycles. The van der Waals surface area contributed by atoms with Gasteiger partial charge in [0.05, 0.1) is 11.3 Å². The number of aromatic nitrogens is 1. The monoisotopic (exact) mass is 462 g/mol. The van der Waals surface area contributed by atoms with E-state index in [1.54, 1.807) is 12.4 Å². The summed E-state index contributed by atoms with van der Waals surface area (Å²) < 4.78 is 52.7. The van der Waals surface area contributed by atoms with Crippen LogP contribution in [0.1, 0.15) is 28.0 Å². The highest BCUT2D eigenvalue weighted by Crippen LogP contribution is 2.42. The molecule has 0 radical (unpaired) electrons. The molecule has 3 aromatic rings. The molecule has 0 N–H and O–H groups in total. The maximum Gasteiger partial charge on any atom is 0.154 e. The van der Waals surface area contributed by atoms with Crippen LogP contribution in [0.25, 0.3) is 0 Å². The van der Waals surface area contributed by atoms with E-state index in [2.05, 4.69) is 9.88 Å². The van der Waals surface area contributed by atoms with Crippen molar-refractivity contribution in [1.29, 1.82) is 0 Å². The summed E-state index contributed by atoms with van der Waals surface area (Å²) in [4.78, 5) is 6.36. The van der Waals surface area contributed by atoms with Gasteiger partial charge in [0, 0.05) is 48.7 Å². The van der Waals surface area contributed by atoms with Gasteiger partial charge < -0.3 is 0 Å². The van der Waals surface area contributed by atoms with Crippen LogP contribution in [0.3, 0.4) is 0 Å². The second kappa shape index (κ2) is 8.65. The summed E-state index contributed by atoms with van der Waals surface area (Å²) in [6.45, 7) is 0.913. The van der Waals surface area contributed by atoms with Crippen molar-refractivity contribution >= 4 is 21.4 Å². The predicted octanol–water partition coefficient (Wildman–Crippen LogP) is 4.82. The van der Waals surface area contributed by atoms with E-state index in [4.69, 9.17) is 11.6 Å². The number of rotatable bonds is 6. The smallest absolute Gasteiger partial charge is 0.154 e. The highest BCUT2D eigenvalue weighted by molar-refractivity contribution is 7.90. The first-order chi connectivity index (χ1) is 14.7. The highest BCUT2D eigenvalue weighted by atomic mass is 35.5. The molecular weight excluding hydrogens is 442 g/mol. The molecule has 2 aromatic carbocycles. The Hall–Kier alpha value is -2.35. The molecule has 0 aliphatic carbocycles. The van der Waals surface area contributed by atoms with Crippen LogP contribution in [0.2, 0.25) is 5.02 Å². The van der Waals surface area contributed by atoms with Crippen molar-refractivity contribution in [3.63, 3.8) is 0 Å². The molecule has 0 spiro atoms. The molecule has 2 heterocycles. The van der Waals surface area contributed by atoms with Crippen LogP contribution in [0.5, 0.6) is 0 Å². The first-order valence-corrected chi connectivity index (χ1v) is 12.1. The predicted molar refractivity (Wildman–Crippen MR) is 117 cm³/mol. The third kappa shape index (κ3) is 4.79. The number of pyridine rings is 1. The summed E-state index contributed by atoms with van der Waals surface area (Å²) in [6, 6.07) is 14.1. The molecule has 1 aromatic heterocycles. The van der Waals surface area contributed by atoms with E-state index in [0.717, 1.165) is 35.6 Å². The van der Waals surface area contributed by atoms with Gasteiger partial charge >= 0.3 is 0 Å². The molecule has 2 atom stereocenters. The first kappa shape index (κ1) is 21.9. The normalized spacial score (nSPS) is 17.2. The Labute approximate surface area is 185 Å². The van der Waals surface area contributed by atoms with Crippen LogP contribution in [0.4, 0.5) is 8.78 Å². The minimum Gasteiger partial charge on any atom is -0.292 e. The quantitative estimate of drug-likeness (QED) is 0.527. The molecule has 1 aliphatic heterocycles. The summed E-state index contributed by atoms with van der Waals surface area (Å²) in [5.41, 5.74) is 2.12. The minimum absolute atomic E-state index is 0.133. The average Bonchev–Trinajstić information content (AvgIpc) is 2.66.